The summed E-state index contributed by atoms with van der Waals surface area (Å²) in [6.45, 7) is 3.46. The molecule has 1 saturated heterocycles. The molecule has 0 saturated carbocycles. The zero-order chi connectivity index (χ0) is 10.6. The summed E-state index contributed by atoms with van der Waals surface area (Å²) in [5.74, 6) is 0.224. The summed E-state index contributed by atoms with van der Waals surface area (Å²) in [5, 5.41) is 9.15. The predicted octanol–water partition coefficient (Wildman–Crippen LogP) is 0.252. The maximum Gasteiger partial charge on any atom is 0.225 e. The fourth-order valence-corrected chi connectivity index (χ4v) is 1.74. The number of aliphatic hydroxyl groups is 1. The molecule has 1 N–H and O–H groups in total. The number of nitrogens with zero attached hydrogens (tertiary/aromatic N) is 1. The highest BCUT2D eigenvalue weighted by atomic mass is 16.5. The molecule has 4 heteroatoms. The minimum Gasteiger partial charge on any atom is -0.392 e. The fourth-order valence-electron chi connectivity index (χ4n) is 1.74. The normalized spacial score (nSPS) is 20.5. The van der Waals surface area contributed by atoms with Crippen LogP contribution in [-0.2, 0) is 9.53 Å². The van der Waals surface area contributed by atoms with E-state index in [1.807, 2.05) is 0 Å². The third-order valence-electron chi connectivity index (χ3n) is 2.48. The number of ether oxygens (including phenoxy) is 1. The van der Waals surface area contributed by atoms with Crippen LogP contribution in [0.15, 0.2) is 0 Å². The molecule has 0 aromatic carbocycles. The maximum atomic E-state index is 11.8. The van der Waals surface area contributed by atoms with Crippen LogP contribution in [0.25, 0.3) is 0 Å². The lowest BCUT2D eigenvalue weighted by Gasteiger charge is -2.27. The van der Waals surface area contributed by atoms with Gasteiger partial charge >= 0.3 is 0 Å². The Hall–Kier alpha value is -0.610. The van der Waals surface area contributed by atoms with Crippen LogP contribution < -0.4 is 0 Å². The summed E-state index contributed by atoms with van der Waals surface area (Å²) in [7, 11) is 1.74. The summed E-state index contributed by atoms with van der Waals surface area (Å²) in [4.78, 5) is 13.4. The molecule has 1 rings (SSSR count). The van der Waals surface area contributed by atoms with Crippen LogP contribution in [0.5, 0.6) is 0 Å². The van der Waals surface area contributed by atoms with Gasteiger partial charge in [-0.15, -0.1) is 0 Å². The second-order valence-electron chi connectivity index (χ2n) is 3.95. The minimum atomic E-state index is -0.455. The number of carbonyl (C=O) groups is 1. The SMILES string of the molecule is CC(O)CN(C)C(=O)C1CCOCC1. The van der Waals surface area contributed by atoms with Crippen LogP contribution in [-0.4, -0.2) is 48.8 Å². The minimum absolute atomic E-state index is 0.0903. The standard InChI is InChI=1S/C10H19NO3/c1-8(12)7-11(2)10(13)9-3-5-14-6-4-9/h8-9,12H,3-7H2,1-2H3. The molecule has 1 amide bonds. The Morgan fingerprint density at radius 2 is 2.14 bits per heavy atom. The fraction of sp³-hybridized carbons (Fsp3) is 0.900. The van der Waals surface area contributed by atoms with Gasteiger partial charge in [0.05, 0.1) is 6.10 Å². The van der Waals surface area contributed by atoms with Gasteiger partial charge in [0.15, 0.2) is 0 Å². The first-order valence-electron chi connectivity index (χ1n) is 5.12. The largest absolute Gasteiger partial charge is 0.392 e. The van der Waals surface area contributed by atoms with Crippen molar-refractivity contribution in [3.05, 3.63) is 0 Å². The summed E-state index contributed by atoms with van der Waals surface area (Å²) in [5.41, 5.74) is 0. The van der Waals surface area contributed by atoms with Crippen molar-refractivity contribution in [1.82, 2.24) is 4.90 Å². The first kappa shape index (κ1) is 11.5. The van der Waals surface area contributed by atoms with Gasteiger partial charge < -0.3 is 14.7 Å². The van der Waals surface area contributed by atoms with Gasteiger partial charge in [0.25, 0.3) is 0 Å². The van der Waals surface area contributed by atoms with E-state index >= 15 is 0 Å². The smallest absolute Gasteiger partial charge is 0.225 e. The molecule has 1 aliphatic rings. The van der Waals surface area contributed by atoms with Gasteiger partial charge in [-0.1, -0.05) is 0 Å². The van der Waals surface area contributed by atoms with E-state index in [-0.39, 0.29) is 11.8 Å². The lowest BCUT2D eigenvalue weighted by molar-refractivity contribution is -0.138. The third kappa shape index (κ3) is 3.27. The summed E-state index contributed by atoms with van der Waals surface area (Å²) in [6, 6.07) is 0. The Kier molecular flexibility index (Phi) is 4.35. The highest BCUT2D eigenvalue weighted by molar-refractivity contribution is 5.78. The van der Waals surface area contributed by atoms with Gasteiger partial charge in [-0.05, 0) is 19.8 Å². The highest BCUT2D eigenvalue weighted by Gasteiger charge is 2.24. The van der Waals surface area contributed by atoms with Crippen LogP contribution in [0.4, 0.5) is 0 Å². The van der Waals surface area contributed by atoms with E-state index in [4.69, 9.17) is 9.84 Å². The topological polar surface area (TPSA) is 49.8 Å². The average molecular weight is 201 g/mol. The van der Waals surface area contributed by atoms with Gasteiger partial charge in [0, 0.05) is 32.7 Å². The Labute approximate surface area is 84.8 Å². The molecule has 4 nitrogen and oxygen atoms in total. The van der Waals surface area contributed by atoms with E-state index < -0.39 is 6.10 Å². The highest BCUT2D eigenvalue weighted by Crippen LogP contribution is 2.16. The second-order valence-corrected chi connectivity index (χ2v) is 3.95. The molecule has 1 aliphatic heterocycles. The molecule has 0 spiro atoms. The summed E-state index contributed by atoms with van der Waals surface area (Å²) in [6.07, 6.45) is 1.16. The van der Waals surface area contributed by atoms with Crippen molar-refractivity contribution >= 4 is 5.91 Å². The monoisotopic (exact) mass is 201 g/mol. The third-order valence-corrected chi connectivity index (χ3v) is 2.48. The van der Waals surface area contributed by atoms with E-state index in [2.05, 4.69) is 0 Å². The molecule has 0 aromatic heterocycles. The molecular weight excluding hydrogens is 182 g/mol. The molecule has 1 atom stereocenters. The number of rotatable bonds is 3. The first-order valence-corrected chi connectivity index (χ1v) is 5.12. The van der Waals surface area contributed by atoms with Crippen molar-refractivity contribution < 1.29 is 14.6 Å². The Bertz CT molecular complexity index is 188. The van der Waals surface area contributed by atoms with Crippen LogP contribution in [0.3, 0.4) is 0 Å². The van der Waals surface area contributed by atoms with Gasteiger partial charge in [-0.3, -0.25) is 4.79 Å². The zero-order valence-electron chi connectivity index (χ0n) is 8.90. The van der Waals surface area contributed by atoms with Crippen molar-refractivity contribution in [2.24, 2.45) is 5.92 Å². The Balaban J connectivity index is 2.38. The summed E-state index contributed by atoms with van der Waals surface area (Å²) >= 11 is 0. The lowest BCUT2D eigenvalue weighted by Crippen LogP contribution is -2.39. The quantitative estimate of drug-likeness (QED) is 0.712. The maximum absolute atomic E-state index is 11.8. The van der Waals surface area contributed by atoms with Crippen LogP contribution >= 0.6 is 0 Å². The number of amides is 1. The lowest BCUT2D eigenvalue weighted by atomic mass is 9.99. The van der Waals surface area contributed by atoms with Crippen molar-refractivity contribution in [3.8, 4) is 0 Å². The van der Waals surface area contributed by atoms with Crippen LogP contribution in [0.1, 0.15) is 19.8 Å². The van der Waals surface area contributed by atoms with Gasteiger partial charge in [-0.2, -0.15) is 0 Å². The van der Waals surface area contributed by atoms with Crippen molar-refractivity contribution in [1.29, 1.82) is 0 Å². The molecule has 0 radical (unpaired) electrons. The molecule has 1 fully saturated rings. The van der Waals surface area contributed by atoms with Crippen molar-refractivity contribution in [2.45, 2.75) is 25.9 Å². The molecule has 0 bridgehead atoms. The predicted molar refractivity (Wildman–Crippen MR) is 52.9 cm³/mol. The number of hydrogen-bond acceptors (Lipinski definition) is 3. The summed E-state index contributed by atoms with van der Waals surface area (Å²) < 4.78 is 5.19. The van der Waals surface area contributed by atoms with Gasteiger partial charge in [0.2, 0.25) is 5.91 Å². The van der Waals surface area contributed by atoms with Crippen LogP contribution in [0, 0.1) is 5.92 Å². The first-order chi connectivity index (χ1) is 6.61. The molecule has 1 unspecified atom stereocenters. The van der Waals surface area contributed by atoms with E-state index in [0.29, 0.717) is 19.8 Å². The Morgan fingerprint density at radius 1 is 1.57 bits per heavy atom. The molecule has 1 heterocycles. The molecule has 0 aromatic rings. The molecule has 14 heavy (non-hydrogen) atoms. The Morgan fingerprint density at radius 3 is 2.64 bits per heavy atom. The number of likely N-dealkylation sites (N-methyl/N-ethyl adjacent to an activating group) is 1. The van der Waals surface area contributed by atoms with E-state index in [9.17, 15) is 4.79 Å². The number of carbonyl (C=O) groups excluding carboxylic acids is 1. The molecular formula is C10H19NO3. The van der Waals surface area contributed by atoms with Gasteiger partial charge in [0.1, 0.15) is 0 Å². The molecule has 82 valence electrons. The van der Waals surface area contributed by atoms with Crippen molar-refractivity contribution in [2.75, 3.05) is 26.8 Å². The van der Waals surface area contributed by atoms with E-state index in [1.165, 1.54) is 0 Å². The van der Waals surface area contributed by atoms with E-state index in [1.54, 1.807) is 18.9 Å². The average Bonchev–Trinajstić information content (AvgIpc) is 2.17. The van der Waals surface area contributed by atoms with Crippen molar-refractivity contribution in [3.63, 3.8) is 0 Å². The number of hydrogen-bond donors (Lipinski definition) is 1. The number of aliphatic hydroxyl groups excluding tert-OH is 1. The van der Waals surface area contributed by atoms with Crippen LogP contribution in [0.2, 0.25) is 0 Å². The zero-order valence-corrected chi connectivity index (χ0v) is 8.90. The molecule has 0 aliphatic carbocycles. The van der Waals surface area contributed by atoms with Gasteiger partial charge in [-0.25, -0.2) is 0 Å². The second kappa shape index (κ2) is 5.32. The van der Waals surface area contributed by atoms with E-state index in [0.717, 1.165) is 12.8 Å².